The molecule has 0 aliphatic heterocycles. The van der Waals surface area contributed by atoms with Crippen LogP contribution in [0.1, 0.15) is 30.5 Å². The lowest BCUT2D eigenvalue weighted by molar-refractivity contribution is -0.139. The number of benzene rings is 3. The summed E-state index contributed by atoms with van der Waals surface area (Å²) < 4.78 is 19.4. The van der Waals surface area contributed by atoms with Gasteiger partial charge in [0.1, 0.15) is 17.6 Å². The summed E-state index contributed by atoms with van der Waals surface area (Å²) in [6.07, 6.45) is 0.382. The van der Waals surface area contributed by atoms with Gasteiger partial charge in [0.25, 0.3) is 0 Å². The molecule has 2 amide bonds. The van der Waals surface area contributed by atoms with Gasteiger partial charge in [-0.25, -0.2) is 4.39 Å². The molecular weight excluding hydrogens is 475 g/mol. The van der Waals surface area contributed by atoms with Crippen LogP contribution < -0.4 is 10.1 Å². The first kappa shape index (κ1) is 27.3. The molecule has 0 aromatic heterocycles. The molecule has 0 spiro atoms. The van der Waals surface area contributed by atoms with Crippen molar-refractivity contribution in [3.63, 3.8) is 0 Å². The van der Waals surface area contributed by atoms with Crippen molar-refractivity contribution in [3.8, 4) is 5.75 Å². The molecule has 3 aromatic rings. The zero-order chi connectivity index (χ0) is 25.9. The van der Waals surface area contributed by atoms with E-state index in [1.54, 1.807) is 30.2 Å². The molecule has 0 bridgehead atoms. The maximum atomic E-state index is 14.1. The van der Waals surface area contributed by atoms with E-state index in [1.807, 2.05) is 68.4 Å². The van der Waals surface area contributed by atoms with Crippen molar-refractivity contribution in [1.29, 1.82) is 0 Å². The number of hydrogen-bond donors (Lipinski definition) is 1. The van der Waals surface area contributed by atoms with Crippen molar-refractivity contribution >= 4 is 23.6 Å². The Kier molecular flexibility index (Phi) is 10.4. The van der Waals surface area contributed by atoms with Crippen molar-refractivity contribution in [2.24, 2.45) is 0 Å². The number of carbonyl (C=O) groups is 2. The molecule has 36 heavy (non-hydrogen) atoms. The second-order valence-electron chi connectivity index (χ2n) is 8.83. The van der Waals surface area contributed by atoms with Crippen LogP contribution >= 0.6 is 11.8 Å². The Labute approximate surface area is 217 Å². The lowest BCUT2D eigenvalue weighted by Crippen LogP contribution is -2.52. The third-order valence-electron chi connectivity index (χ3n) is 5.63. The Balaban J connectivity index is 1.87. The number of methoxy groups -OCH3 is 1. The van der Waals surface area contributed by atoms with Crippen LogP contribution in [-0.4, -0.2) is 41.7 Å². The highest BCUT2D eigenvalue weighted by atomic mass is 32.2. The smallest absolute Gasteiger partial charge is 0.243 e. The third kappa shape index (κ3) is 8.12. The number of ether oxygens (including phenoxy) is 1. The van der Waals surface area contributed by atoms with Crippen molar-refractivity contribution in [1.82, 2.24) is 10.2 Å². The second-order valence-corrected chi connectivity index (χ2v) is 9.81. The Morgan fingerprint density at radius 3 is 2.36 bits per heavy atom. The molecule has 5 nitrogen and oxygen atoms in total. The first-order chi connectivity index (χ1) is 17.4. The van der Waals surface area contributed by atoms with Crippen LogP contribution in [0.3, 0.4) is 0 Å². The van der Waals surface area contributed by atoms with Gasteiger partial charge in [0.05, 0.1) is 12.9 Å². The first-order valence-electron chi connectivity index (χ1n) is 11.9. The zero-order valence-corrected chi connectivity index (χ0v) is 21.8. The van der Waals surface area contributed by atoms with E-state index in [2.05, 4.69) is 5.32 Å². The van der Waals surface area contributed by atoms with Gasteiger partial charge in [0.2, 0.25) is 11.8 Å². The van der Waals surface area contributed by atoms with Crippen LogP contribution in [0, 0.1) is 5.82 Å². The maximum absolute atomic E-state index is 14.1. The standard InChI is InChI=1S/C29H33FN2O3S/c1-21(2)31-29(34)27(17-22-10-5-4-6-11-22)32(18-23-12-9-14-25(16-23)35-3)28(33)20-36-19-24-13-7-8-15-26(24)30/h4-16,21,27H,17-20H2,1-3H3,(H,31,34)/t27-/m1/s1. The van der Waals surface area contributed by atoms with E-state index in [4.69, 9.17) is 4.74 Å². The molecule has 7 heteroatoms. The van der Waals surface area contributed by atoms with Crippen LogP contribution in [0.15, 0.2) is 78.9 Å². The molecular formula is C29H33FN2O3S. The average molecular weight is 509 g/mol. The van der Waals surface area contributed by atoms with Gasteiger partial charge in [0.15, 0.2) is 0 Å². The fourth-order valence-electron chi connectivity index (χ4n) is 3.85. The van der Waals surface area contributed by atoms with E-state index in [0.29, 0.717) is 23.5 Å². The van der Waals surface area contributed by atoms with Crippen LogP contribution in [0.25, 0.3) is 0 Å². The minimum absolute atomic E-state index is 0.0695. The van der Waals surface area contributed by atoms with E-state index >= 15 is 0 Å². The van der Waals surface area contributed by atoms with Crippen molar-refractivity contribution in [3.05, 3.63) is 101 Å². The van der Waals surface area contributed by atoms with E-state index in [9.17, 15) is 14.0 Å². The van der Waals surface area contributed by atoms with Crippen molar-refractivity contribution < 1.29 is 18.7 Å². The lowest BCUT2D eigenvalue weighted by atomic mass is 10.0. The van der Waals surface area contributed by atoms with Gasteiger partial charge in [-0.3, -0.25) is 9.59 Å². The summed E-state index contributed by atoms with van der Waals surface area (Å²) in [7, 11) is 1.59. The van der Waals surface area contributed by atoms with Gasteiger partial charge >= 0.3 is 0 Å². The van der Waals surface area contributed by atoms with Gasteiger partial charge in [-0.2, -0.15) is 0 Å². The highest BCUT2D eigenvalue weighted by Crippen LogP contribution is 2.21. The molecule has 1 N–H and O–H groups in total. The van der Waals surface area contributed by atoms with Gasteiger partial charge in [-0.05, 0) is 48.7 Å². The second kappa shape index (κ2) is 13.7. The molecule has 0 aliphatic rings. The van der Waals surface area contributed by atoms with Crippen LogP contribution in [0.4, 0.5) is 4.39 Å². The lowest BCUT2D eigenvalue weighted by Gasteiger charge is -2.32. The Morgan fingerprint density at radius 1 is 0.972 bits per heavy atom. The summed E-state index contributed by atoms with van der Waals surface area (Å²) in [5.41, 5.74) is 2.37. The quantitative estimate of drug-likeness (QED) is 0.364. The number of carbonyl (C=O) groups excluding carboxylic acids is 2. The minimum atomic E-state index is -0.706. The molecule has 0 aliphatic carbocycles. The highest BCUT2D eigenvalue weighted by Gasteiger charge is 2.30. The molecule has 0 heterocycles. The molecule has 3 rings (SSSR count). The highest BCUT2D eigenvalue weighted by molar-refractivity contribution is 7.99. The fraction of sp³-hybridized carbons (Fsp3) is 0.310. The van der Waals surface area contributed by atoms with Gasteiger partial charge in [0, 0.05) is 24.8 Å². The molecule has 3 aromatic carbocycles. The number of thioether (sulfide) groups is 1. The fourth-order valence-corrected chi connectivity index (χ4v) is 4.75. The zero-order valence-electron chi connectivity index (χ0n) is 20.9. The van der Waals surface area contributed by atoms with E-state index < -0.39 is 6.04 Å². The topological polar surface area (TPSA) is 58.6 Å². The number of amides is 2. The monoisotopic (exact) mass is 508 g/mol. The minimum Gasteiger partial charge on any atom is -0.497 e. The van der Waals surface area contributed by atoms with Crippen molar-refractivity contribution in [2.75, 3.05) is 12.9 Å². The average Bonchev–Trinajstić information content (AvgIpc) is 2.87. The predicted octanol–water partition coefficient (Wildman–Crippen LogP) is 5.23. The van der Waals surface area contributed by atoms with E-state index in [1.165, 1.54) is 17.8 Å². The molecule has 190 valence electrons. The Bertz CT molecular complexity index is 1140. The Hall–Kier alpha value is -3.32. The Morgan fingerprint density at radius 2 is 1.67 bits per heavy atom. The molecule has 1 atom stereocenters. The number of halogens is 1. The summed E-state index contributed by atoms with van der Waals surface area (Å²) in [5, 5.41) is 2.98. The van der Waals surface area contributed by atoms with Gasteiger partial charge in [-0.15, -0.1) is 11.8 Å². The van der Waals surface area contributed by atoms with Gasteiger partial charge in [-0.1, -0.05) is 60.7 Å². The summed E-state index contributed by atoms with van der Waals surface area (Å²) in [6, 6.07) is 22.9. The summed E-state index contributed by atoms with van der Waals surface area (Å²) in [5.74, 6) is 0.498. The summed E-state index contributed by atoms with van der Waals surface area (Å²) >= 11 is 1.34. The third-order valence-corrected chi connectivity index (χ3v) is 6.60. The molecule has 0 radical (unpaired) electrons. The number of hydrogen-bond acceptors (Lipinski definition) is 4. The summed E-state index contributed by atoms with van der Waals surface area (Å²) in [4.78, 5) is 28.6. The predicted molar refractivity (Wildman–Crippen MR) is 143 cm³/mol. The molecule has 0 saturated carbocycles. The molecule has 0 unspecified atom stereocenters. The van der Waals surface area contributed by atoms with Crippen LogP contribution in [0.2, 0.25) is 0 Å². The van der Waals surface area contributed by atoms with Gasteiger partial charge < -0.3 is 15.0 Å². The number of rotatable bonds is 12. The first-order valence-corrected chi connectivity index (χ1v) is 13.1. The molecule has 0 fully saturated rings. The maximum Gasteiger partial charge on any atom is 0.243 e. The van der Waals surface area contributed by atoms with E-state index in [-0.39, 0.29) is 36.0 Å². The largest absolute Gasteiger partial charge is 0.497 e. The number of nitrogens with zero attached hydrogens (tertiary/aromatic N) is 1. The van der Waals surface area contributed by atoms with Crippen LogP contribution in [0.5, 0.6) is 5.75 Å². The molecule has 0 saturated heterocycles. The van der Waals surface area contributed by atoms with E-state index in [0.717, 1.165) is 11.1 Å². The van der Waals surface area contributed by atoms with Crippen LogP contribution in [-0.2, 0) is 28.3 Å². The normalized spacial score (nSPS) is 11.7. The van der Waals surface area contributed by atoms with Crippen molar-refractivity contribution in [2.45, 2.75) is 44.6 Å². The SMILES string of the molecule is COc1cccc(CN(C(=O)CSCc2ccccc2F)[C@H](Cc2ccccc2)C(=O)NC(C)C)c1. The number of nitrogens with one attached hydrogen (secondary N) is 1. The summed E-state index contributed by atoms with van der Waals surface area (Å²) in [6.45, 7) is 4.05.